The first kappa shape index (κ1) is 13.3. The summed E-state index contributed by atoms with van der Waals surface area (Å²) in [4.78, 5) is 9.24. The Bertz CT molecular complexity index is 807. The molecule has 1 unspecified atom stereocenters. The Labute approximate surface area is 128 Å². The van der Waals surface area contributed by atoms with Crippen LogP contribution in [0.2, 0.25) is 0 Å². The van der Waals surface area contributed by atoms with Crippen LogP contribution in [-0.4, -0.2) is 32.9 Å². The molecule has 1 fully saturated rings. The van der Waals surface area contributed by atoms with Crippen molar-refractivity contribution in [3.8, 4) is 5.75 Å². The van der Waals surface area contributed by atoms with Crippen molar-refractivity contribution in [2.75, 3.05) is 13.2 Å². The van der Waals surface area contributed by atoms with Gasteiger partial charge in [0.25, 0.3) is 0 Å². The first-order valence-electron chi connectivity index (χ1n) is 7.48. The molecule has 0 saturated carbocycles. The third kappa shape index (κ3) is 2.23. The number of aromatic hydroxyl groups is 1. The van der Waals surface area contributed by atoms with Gasteiger partial charge in [-0.3, -0.25) is 0 Å². The summed E-state index contributed by atoms with van der Waals surface area (Å²) in [5.41, 5.74) is 2.61. The average molecular weight is 295 g/mol. The standard InChI is InChI=1S/C17H17N3O2/c21-15-6-2-1-4-12(15)10-20-16(13-7-9-22-11-13)19-14-5-3-8-18-17(14)20/h1-6,8,13,21H,7,9-11H2. The lowest BCUT2D eigenvalue weighted by Gasteiger charge is -2.13. The van der Waals surface area contributed by atoms with Gasteiger partial charge in [0.15, 0.2) is 5.65 Å². The molecular weight excluding hydrogens is 278 g/mol. The van der Waals surface area contributed by atoms with Gasteiger partial charge in [0.2, 0.25) is 0 Å². The lowest BCUT2D eigenvalue weighted by atomic mass is 10.1. The molecule has 0 spiro atoms. The van der Waals surface area contributed by atoms with Gasteiger partial charge >= 0.3 is 0 Å². The van der Waals surface area contributed by atoms with Gasteiger partial charge < -0.3 is 14.4 Å². The lowest BCUT2D eigenvalue weighted by Crippen LogP contribution is -2.11. The number of imidazole rings is 1. The van der Waals surface area contributed by atoms with Crippen LogP contribution in [0.3, 0.4) is 0 Å². The third-order valence-corrected chi connectivity index (χ3v) is 4.15. The van der Waals surface area contributed by atoms with Crippen LogP contribution in [0.5, 0.6) is 5.75 Å². The molecule has 112 valence electrons. The molecule has 0 bridgehead atoms. The van der Waals surface area contributed by atoms with E-state index >= 15 is 0 Å². The second-order valence-corrected chi connectivity index (χ2v) is 5.59. The third-order valence-electron chi connectivity index (χ3n) is 4.15. The predicted molar refractivity (Wildman–Crippen MR) is 82.9 cm³/mol. The van der Waals surface area contributed by atoms with Crippen molar-refractivity contribution in [3.05, 3.63) is 54.0 Å². The maximum absolute atomic E-state index is 10.1. The van der Waals surface area contributed by atoms with Crippen LogP contribution in [-0.2, 0) is 11.3 Å². The summed E-state index contributed by atoms with van der Waals surface area (Å²) >= 11 is 0. The first-order chi connectivity index (χ1) is 10.8. The van der Waals surface area contributed by atoms with E-state index in [1.165, 1.54) is 0 Å². The van der Waals surface area contributed by atoms with Crippen LogP contribution < -0.4 is 0 Å². The van der Waals surface area contributed by atoms with Gasteiger partial charge in [-0.1, -0.05) is 18.2 Å². The number of nitrogens with zero attached hydrogens (tertiary/aromatic N) is 3. The maximum Gasteiger partial charge on any atom is 0.160 e. The highest BCUT2D eigenvalue weighted by Crippen LogP contribution is 2.29. The molecule has 4 rings (SSSR count). The van der Waals surface area contributed by atoms with E-state index in [0.717, 1.165) is 35.6 Å². The normalized spacial score (nSPS) is 18.1. The fourth-order valence-corrected chi connectivity index (χ4v) is 3.00. The van der Waals surface area contributed by atoms with Gasteiger partial charge in [-0.2, -0.15) is 0 Å². The molecule has 3 aromatic rings. The van der Waals surface area contributed by atoms with E-state index in [2.05, 4.69) is 9.55 Å². The molecule has 0 aliphatic carbocycles. The van der Waals surface area contributed by atoms with E-state index in [9.17, 15) is 5.11 Å². The van der Waals surface area contributed by atoms with Crippen molar-refractivity contribution in [2.24, 2.45) is 0 Å². The van der Waals surface area contributed by atoms with Crippen LogP contribution in [0.15, 0.2) is 42.6 Å². The van der Waals surface area contributed by atoms with Crippen molar-refractivity contribution in [1.82, 2.24) is 14.5 Å². The molecular formula is C17H17N3O2. The number of fused-ring (bicyclic) bond motifs is 1. The minimum atomic E-state index is 0.292. The van der Waals surface area contributed by atoms with Crippen LogP contribution in [0.1, 0.15) is 23.7 Å². The number of para-hydroxylation sites is 1. The molecule has 3 heterocycles. The molecule has 1 aromatic carbocycles. The largest absolute Gasteiger partial charge is 0.508 e. The number of phenols is 1. The first-order valence-corrected chi connectivity index (χ1v) is 7.48. The van der Waals surface area contributed by atoms with Crippen LogP contribution in [0.4, 0.5) is 0 Å². The highest BCUT2D eigenvalue weighted by molar-refractivity contribution is 5.71. The van der Waals surface area contributed by atoms with Gasteiger partial charge in [-0.25, -0.2) is 9.97 Å². The number of pyridine rings is 1. The molecule has 1 aliphatic rings. The number of hydrogen-bond donors (Lipinski definition) is 1. The van der Waals surface area contributed by atoms with E-state index in [4.69, 9.17) is 9.72 Å². The van der Waals surface area contributed by atoms with Gasteiger partial charge in [0, 0.05) is 24.3 Å². The van der Waals surface area contributed by atoms with Crippen LogP contribution in [0, 0.1) is 0 Å². The molecule has 1 N–H and O–H groups in total. The van der Waals surface area contributed by atoms with Gasteiger partial charge in [-0.15, -0.1) is 0 Å². The van der Waals surface area contributed by atoms with Gasteiger partial charge in [0.05, 0.1) is 13.2 Å². The van der Waals surface area contributed by atoms with Crippen molar-refractivity contribution >= 4 is 11.2 Å². The molecule has 1 saturated heterocycles. The predicted octanol–water partition coefficient (Wildman–Crippen LogP) is 2.69. The van der Waals surface area contributed by atoms with Crippen molar-refractivity contribution in [2.45, 2.75) is 18.9 Å². The second kappa shape index (κ2) is 5.42. The van der Waals surface area contributed by atoms with E-state index in [-0.39, 0.29) is 0 Å². The molecule has 2 aromatic heterocycles. The Morgan fingerprint density at radius 3 is 2.95 bits per heavy atom. The summed E-state index contributed by atoms with van der Waals surface area (Å²) in [6, 6.07) is 11.3. The number of hydrogen-bond acceptors (Lipinski definition) is 4. The SMILES string of the molecule is Oc1ccccc1Cn1c(C2CCOC2)nc2cccnc21. The number of ether oxygens (including phenoxy) is 1. The summed E-state index contributed by atoms with van der Waals surface area (Å²) in [7, 11) is 0. The van der Waals surface area contributed by atoms with Crippen molar-refractivity contribution in [1.29, 1.82) is 0 Å². The van der Waals surface area contributed by atoms with Gasteiger partial charge in [-0.05, 0) is 24.6 Å². The summed E-state index contributed by atoms with van der Waals surface area (Å²) < 4.78 is 7.61. The zero-order chi connectivity index (χ0) is 14.9. The fourth-order valence-electron chi connectivity index (χ4n) is 3.00. The zero-order valence-corrected chi connectivity index (χ0v) is 12.1. The molecule has 22 heavy (non-hydrogen) atoms. The summed E-state index contributed by atoms with van der Waals surface area (Å²) in [6.07, 6.45) is 2.75. The van der Waals surface area contributed by atoms with Crippen molar-refractivity contribution in [3.63, 3.8) is 0 Å². The number of phenolic OH excluding ortho intramolecular Hbond substituents is 1. The molecule has 5 nitrogen and oxygen atoms in total. The molecule has 1 atom stereocenters. The lowest BCUT2D eigenvalue weighted by molar-refractivity contribution is 0.193. The van der Waals surface area contributed by atoms with E-state index in [1.807, 2.05) is 30.3 Å². The number of aromatic nitrogens is 3. The topological polar surface area (TPSA) is 60.2 Å². The Kier molecular flexibility index (Phi) is 3.27. The maximum atomic E-state index is 10.1. The number of rotatable bonds is 3. The fraction of sp³-hybridized carbons (Fsp3) is 0.294. The highest BCUT2D eigenvalue weighted by Gasteiger charge is 2.25. The Hall–Kier alpha value is -2.40. The molecule has 5 heteroatoms. The minimum Gasteiger partial charge on any atom is -0.508 e. The zero-order valence-electron chi connectivity index (χ0n) is 12.1. The van der Waals surface area contributed by atoms with E-state index < -0.39 is 0 Å². The summed E-state index contributed by atoms with van der Waals surface area (Å²) in [5.74, 6) is 1.59. The second-order valence-electron chi connectivity index (χ2n) is 5.59. The summed E-state index contributed by atoms with van der Waals surface area (Å²) in [6.45, 7) is 2.04. The Balaban J connectivity index is 1.83. The van der Waals surface area contributed by atoms with E-state index in [1.54, 1.807) is 12.3 Å². The quantitative estimate of drug-likeness (QED) is 0.807. The van der Waals surface area contributed by atoms with Crippen LogP contribution >= 0.6 is 0 Å². The monoisotopic (exact) mass is 295 g/mol. The van der Waals surface area contributed by atoms with Crippen LogP contribution in [0.25, 0.3) is 11.2 Å². The highest BCUT2D eigenvalue weighted by atomic mass is 16.5. The van der Waals surface area contributed by atoms with E-state index in [0.29, 0.717) is 24.8 Å². The average Bonchev–Trinajstić information content (AvgIpc) is 3.17. The molecule has 0 radical (unpaired) electrons. The van der Waals surface area contributed by atoms with Gasteiger partial charge in [0.1, 0.15) is 17.1 Å². The minimum absolute atomic E-state index is 0.292. The molecule has 0 amide bonds. The van der Waals surface area contributed by atoms with Crippen molar-refractivity contribution < 1.29 is 9.84 Å². The number of benzene rings is 1. The Morgan fingerprint density at radius 1 is 1.23 bits per heavy atom. The molecule has 1 aliphatic heterocycles. The smallest absolute Gasteiger partial charge is 0.160 e. The Morgan fingerprint density at radius 2 is 2.14 bits per heavy atom. The summed E-state index contributed by atoms with van der Waals surface area (Å²) in [5, 5.41) is 10.1.